The lowest BCUT2D eigenvalue weighted by Crippen LogP contribution is -2.12. The molecule has 0 atom stereocenters. The minimum absolute atomic E-state index is 0.369. The quantitative estimate of drug-likeness (QED) is 0.470. The summed E-state index contributed by atoms with van der Waals surface area (Å²) in [4.78, 5) is 0. The summed E-state index contributed by atoms with van der Waals surface area (Å²) in [6, 6.07) is 0. The Morgan fingerprint density at radius 2 is 1.00 bits per heavy atom. The van der Waals surface area contributed by atoms with Crippen molar-refractivity contribution in [1.29, 1.82) is 0 Å². The third-order valence-corrected chi connectivity index (χ3v) is 3.33. The lowest BCUT2D eigenvalue weighted by molar-refractivity contribution is 0.0375. The number of hydrogen-bond donors (Lipinski definition) is 0. The number of unbranched alkanes of at least 4 members (excludes halogenated alkanes) is 3. The van der Waals surface area contributed by atoms with Crippen molar-refractivity contribution >= 4 is 0 Å². The Balaban J connectivity index is 3.10. The van der Waals surface area contributed by atoms with Crippen molar-refractivity contribution in [3.8, 4) is 0 Å². The third-order valence-electron chi connectivity index (χ3n) is 3.33. The molecule has 0 saturated heterocycles. The van der Waals surface area contributed by atoms with Crippen LogP contribution >= 0.6 is 0 Å². The monoisotopic (exact) mass is 286 g/mol. The third kappa shape index (κ3) is 17.9. The summed E-state index contributed by atoms with van der Waals surface area (Å²) in [6.07, 6.45) is 7.60. The molecule has 0 radical (unpaired) electrons. The number of hydrogen-bond acceptors (Lipinski definition) is 2. The Morgan fingerprint density at radius 1 is 0.500 bits per heavy atom. The van der Waals surface area contributed by atoms with Crippen LogP contribution in [0.1, 0.15) is 80.1 Å². The van der Waals surface area contributed by atoms with Crippen LogP contribution in [0.3, 0.4) is 0 Å². The molecule has 2 heteroatoms. The Morgan fingerprint density at radius 3 is 1.55 bits per heavy atom. The van der Waals surface area contributed by atoms with Crippen molar-refractivity contribution in [2.24, 2.45) is 10.8 Å². The van der Waals surface area contributed by atoms with Gasteiger partial charge < -0.3 is 9.47 Å². The van der Waals surface area contributed by atoms with E-state index >= 15 is 0 Å². The van der Waals surface area contributed by atoms with E-state index in [1.165, 1.54) is 32.1 Å². The molecular weight excluding hydrogens is 248 g/mol. The molecule has 0 aromatic carbocycles. The smallest absolute Gasteiger partial charge is 0.0700 e. The second-order valence-electron chi connectivity index (χ2n) is 8.26. The first-order valence-electron chi connectivity index (χ1n) is 8.36. The summed E-state index contributed by atoms with van der Waals surface area (Å²) in [5, 5.41) is 0. The van der Waals surface area contributed by atoms with Gasteiger partial charge in [-0.25, -0.2) is 0 Å². The zero-order chi connectivity index (χ0) is 15.5. The highest BCUT2D eigenvalue weighted by Crippen LogP contribution is 2.22. The molecule has 0 aromatic heterocycles. The highest BCUT2D eigenvalue weighted by Gasteiger charge is 2.09. The normalized spacial score (nSPS) is 12.9. The molecule has 0 spiro atoms. The maximum absolute atomic E-state index is 5.59. The lowest BCUT2D eigenvalue weighted by atomic mass is 9.89. The minimum atomic E-state index is 0.369. The van der Waals surface area contributed by atoms with Gasteiger partial charge in [0.05, 0.1) is 13.2 Å². The van der Waals surface area contributed by atoms with Crippen LogP contribution in [-0.4, -0.2) is 26.4 Å². The van der Waals surface area contributed by atoms with Crippen molar-refractivity contribution in [3.63, 3.8) is 0 Å². The van der Waals surface area contributed by atoms with Gasteiger partial charge in [-0.05, 0) is 30.1 Å². The maximum Gasteiger partial charge on any atom is 0.0700 e. The van der Waals surface area contributed by atoms with Gasteiger partial charge >= 0.3 is 0 Å². The molecule has 0 N–H and O–H groups in total. The van der Waals surface area contributed by atoms with Gasteiger partial charge in [0.25, 0.3) is 0 Å². The highest BCUT2D eigenvalue weighted by molar-refractivity contribution is 4.61. The summed E-state index contributed by atoms with van der Waals surface area (Å²) in [5.74, 6) is 0. The molecule has 0 bridgehead atoms. The van der Waals surface area contributed by atoms with Gasteiger partial charge in [0.1, 0.15) is 0 Å². The molecule has 0 fully saturated rings. The van der Waals surface area contributed by atoms with E-state index in [0.29, 0.717) is 10.8 Å². The van der Waals surface area contributed by atoms with Crippen LogP contribution in [0, 0.1) is 10.8 Å². The van der Waals surface area contributed by atoms with Crippen LogP contribution in [-0.2, 0) is 9.47 Å². The number of rotatable bonds is 11. The molecule has 0 aliphatic rings. The molecule has 122 valence electrons. The second-order valence-corrected chi connectivity index (χ2v) is 8.26. The molecule has 0 amide bonds. The maximum atomic E-state index is 5.59. The van der Waals surface area contributed by atoms with Crippen LogP contribution in [0.5, 0.6) is 0 Å². The minimum Gasteiger partial charge on any atom is -0.379 e. The average Bonchev–Trinajstić information content (AvgIpc) is 2.27. The van der Waals surface area contributed by atoms with Gasteiger partial charge in [0.2, 0.25) is 0 Å². The van der Waals surface area contributed by atoms with E-state index in [1.807, 2.05) is 0 Å². The van der Waals surface area contributed by atoms with Crippen molar-refractivity contribution in [3.05, 3.63) is 0 Å². The predicted molar refractivity (Wildman–Crippen MR) is 88.3 cm³/mol. The zero-order valence-electron chi connectivity index (χ0n) is 14.9. The van der Waals surface area contributed by atoms with Crippen LogP contribution in [0.4, 0.5) is 0 Å². The molecule has 2 nitrogen and oxygen atoms in total. The first-order chi connectivity index (χ1) is 9.21. The van der Waals surface area contributed by atoms with E-state index in [-0.39, 0.29) is 0 Å². The molecule has 0 aliphatic heterocycles. The largest absolute Gasteiger partial charge is 0.379 e. The van der Waals surface area contributed by atoms with Crippen LogP contribution in [0.25, 0.3) is 0 Å². The fraction of sp³-hybridized carbons (Fsp3) is 1.00. The van der Waals surface area contributed by atoms with Crippen LogP contribution in [0.15, 0.2) is 0 Å². The summed E-state index contributed by atoms with van der Waals surface area (Å²) in [6.45, 7) is 16.9. The van der Waals surface area contributed by atoms with Gasteiger partial charge in [-0.2, -0.15) is 0 Å². The Hall–Kier alpha value is -0.0800. The fourth-order valence-corrected chi connectivity index (χ4v) is 1.91. The molecule has 20 heavy (non-hydrogen) atoms. The first kappa shape index (κ1) is 19.9. The topological polar surface area (TPSA) is 18.5 Å². The summed E-state index contributed by atoms with van der Waals surface area (Å²) in [5.41, 5.74) is 0.856. The molecule has 0 saturated carbocycles. The van der Waals surface area contributed by atoms with Gasteiger partial charge in [-0.15, -0.1) is 0 Å². The van der Waals surface area contributed by atoms with E-state index in [1.54, 1.807) is 0 Å². The van der Waals surface area contributed by atoms with Gasteiger partial charge in [-0.3, -0.25) is 0 Å². The van der Waals surface area contributed by atoms with Crippen molar-refractivity contribution in [1.82, 2.24) is 0 Å². The lowest BCUT2D eigenvalue weighted by Gasteiger charge is -2.17. The Kier molecular flexibility index (Phi) is 10.6. The molecule has 0 aromatic rings. The second kappa shape index (κ2) is 10.6. The molecule has 0 unspecified atom stereocenters. The van der Waals surface area contributed by atoms with Crippen molar-refractivity contribution in [2.75, 3.05) is 26.4 Å². The van der Waals surface area contributed by atoms with E-state index in [2.05, 4.69) is 41.5 Å². The van der Waals surface area contributed by atoms with Gasteiger partial charge in [0.15, 0.2) is 0 Å². The zero-order valence-corrected chi connectivity index (χ0v) is 14.9. The molecular formula is C18H38O2. The summed E-state index contributed by atoms with van der Waals surface area (Å²) < 4.78 is 11.2. The van der Waals surface area contributed by atoms with Gasteiger partial charge in [-0.1, -0.05) is 60.8 Å². The van der Waals surface area contributed by atoms with Crippen molar-refractivity contribution in [2.45, 2.75) is 80.1 Å². The van der Waals surface area contributed by atoms with E-state index in [0.717, 1.165) is 32.8 Å². The first-order valence-corrected chi connectivity index (χ1v) is 8.36. The molecule has 0 aliphatic carbocycles. The average molecular weight is 286 g/mol. The Bertz CT molecular complexity index is 186. The van der Waals surface area contributed by atoms with E-state index < -0.39 is 0 Å². The van der Waals surface area contributed by atoms with Crippen molar-refractivity contribution < 1.29 is 9.47 Å². The summed E-state index contributed by atoms with van der Waals surface area (Å²) in [7, 11) is 0. The van der Waals surface area contributed by atoms with E-state index in [4.69, 9.17) is 9.47 Å². The van der Waals surface area contributed by atoms with Crippen LogP contribution in [0.2, 0.25) is 0 Å². The summed E-state index contributed by atoms with van der Waals surface area (Å²) >= 11 is 0. The van der Waals surface area contributed by atoms with E-state index in [9.17, 15) is 0 Å². The fourth-order valence-electron chi connectivity index (χ4n) is 1.91. The van der Waals surface area contributed by atoms with Crippen LogP contribution < -0.4 is 0 Å². The van der Waals surface area contributed by atoms with Gasteiger partial charge in [0, 0.05) is 13.2 Å². The SMILES string of the molecule is CC(C)(C)CCCCCCOCCOCCC(C)(C)C. The number of ether oxygens (including phenoxy) is 2. The standard InChI is InChI=1S/C18H38O2/c1-17(2,3)11-9-7-8-10-13-19-15-16-20-14-12-18(4,5)6/h7-16H2,1-6H3. The highest BCUT2D eigenvalue weighted by atomic mass is 16.5. The molecule has 0 heterocycles. The Labute approximate surface area is 127 Å². The predicted octanol–water partition coefficient (Wildman–Crippen LogP) is 5.45. The molecule has 0 rings (SSSR count).